The summed E-state index contributed by atoms with van der Waals surface area (Å²) in [6, 6.07) is 14.9. The second kappa shape index (κ2) is 9.13. The van der Waals surface area contributed by atoms with E-state index in [-0.39, 0.29) is 25.3 Å². The van der Waals surface area contributed by atoms with Crippen LogP contribution in [-0.4, -0.2) is 46.0 Å². The molecule has 0 spiro atoms. The lowest BCUT2D eigenvalue weighted by Crippen LogP contribution is -2.43. The van der Waals surface area contributed by atoms with Crippen LogP contribution in [0.3, 0.4) is 0 Å². The van der Waals surface area contributed by atoms with Crippen molar-refractivity contribution >= 4 is 17.8 Å². The van der Waals surface area contributed by atoms with Gasteiger partial charge in [0.2, 0.25) is 0 Å². The first-order valence-electron chi connectivity index (χ1n) is 9.39. The summed E-state index contributed by atoms with van der Waals surface area (Å²) in [5.41, 5.74) is 1.43. The molecule has 0 saturated heterocycles. The van der Waals surface area contributed by atoms with Gasteiger partial charge in [-0.1, -0.05) is 30.3 Å². The zero-order valence-corrected chi connectivity index (χ0v) is 16.4. The number of amides is 2. The zero-order valence-electron chi connectivity index (χ0n) is 16.4. The van der Waals surface area contributed by atoms with Gasteiger partial charge in [-0.05, 0) is 36.2 Å². The second-order valence-electron chi connectivity index (χ2n) is 6.89. The lowest BCUT2D eigenvalue weighted by Gasteiger charge is -2.28. The van der Waals surface area contributed by atoms with Gasteiger partial charge in [-0.3, -0.25) is 14.4 Å². The van der Waals surface area contributed by atoms with E-state index in [1.54, 1.807) is 12.1 Å². The van der Waals surface area contributed by atoms with Gasteiger partial charge in [0.15, 0.2) is 0 Å². The molecule has 0 fully saturated rings. The van der Waals surface area contributed by atoms with Crippen LogP contribution in [0.15, 0.2) is 59.9 Å². The van der Waals surface area contributed by atoms with E-state index in [9.17, 15) is 19.5 Å². The Kier molecular flexibility index (Phi) is 6.36. The van der Waals surface area contributed by atoms with E-state index in [1.807, 2.05) is 43.3 Å². The van der Waals surface area contributed by atoms with Crippen molar-refractivity contribution in [2.75, 3.05) is 13.1 Å². The molecule has 3 rings (SSSR count). The molecular weight excluding hydrogens is 388 g/mol. The molecule has 0 saturated carbocycles. The molecule has 0 aromatic heterocycles. The summed E-state index contributed by atoms with van der Waals surface area (Å²) in [5.74, 6) is -1.69. The molecule has 30 heavy (non-hydrogen) atoms. The van der Waals surface area contributed by atoms with Crippen molar-refractivity contribution in [3.05, 3.63) is 71.0 Å². The number of ether oxygens (including phenoxy) is 1. The monoisotopic (exact) mass is 410 g/mol. The van der Waals surface area contributed by atoms with Crippen LogP contribution in [0.1, 0.15) is 17.5 Å². The molecule has 1 heterocycles. The maximum Gasteiger partial charge on any atom is 0.322 e. The number of carbonyl (C=O) groups excluding carboxylic acids is 2. The van der Waals surface area contributed by atoms with E-state index in [0.29, 0.717) is 5.75 Å². The fraction of sp³-hybridized carbons (Fsp3) is 0.227. The molecule has 0 unspecified atom stereocenters. The van der Waals surface area contributed by atoms with Gasteiger partial charge in [-0.15, -0.1) is 0 Å². The summed E-state index contributed by atoms with van der Waals surface area (Å²) < 4.78 is 5.86. The molecule has 3 N–H and O–H groups in total. The van der Waals surface area contributed by atoms with Gasteiger partial charge in [-0.2, -0.15) is 0 Å². The number of aryl methyl sites for hydroxylation is 1. The number of hydrogen-bond donors (Lipinski definition) is 3. The Morgan fingerprint density at radius 1 is 1.13 bits per heavy atom. The predicted octanol–water partition coefficient (Wildman–Crippen LogP) is 2.53. The second-order valence-corrected chi connectivity index (χ2v) is 6.89. The van der Waals surface area contributed by atoms with Crippen molar-refractivity contribution < 1.29 is 29.3 Å². The Morgan fingerprint density at radius 3 is 2.50 bits per heavy atom. The number of benzene rings is 2. The quantitative estimate of drug-likeness (QED) is 0.604. The number of para-hydroxylation sites is 1. The number of nitrogens with zero attached hydrogens (tertiary/aromatic N) is 1. The number of nitrogens with one attached hydrogen (secondary N) is 1. The molecule has 0 radical (unpaired) electrons. The fourth-order valence-corrected chi connectivity index (χ4v) is 3.05. The molecule has 156 valence electrons. The molecular formula is C22H22N2O6. The van der Waals surface area contributed by atoms with Crippen molar-refractivity contribution in [3.8, 4) is 11.5 Å². The van der Waals surface area contributed by atoms with Gasteiger partial charge in [0, 0.05) is 19.5 Å². The average molecular weight is 410 g/mol. The van der Waals surface area contributed by atoms with Gasteiger partial charge in [0.1, 0.15) is 29.4 Å². The summed E-state index contributed by atoms with van der Waals surface area (Å²) in [7, 11) is 0. The Balaban J connectivity index is 1.66. The largest absolute Gasteiger partial charge is 0.511 e. The maximum atomic E-state index is 12.6. The predicted molar refractivity (Wildman–Crippen MR) is 108 cm³/mol. The third kappa shape index (κ3) is 4.96. The summed E-state index contributed by atoms with van der Waals surface area (Å²) >= 11 is 0. The first-order valence-corrected chi connectivity index (χ1v) is 9.39. The van der Waals surface area contributed by atoms with Gasteiger partial charge in [0.05, 0.1) is 0 Å². The SMILES string of the molecule is Cc1ccccc1Oc1ccc(CN2CCC(O)=C(C(=O)NCC(=O)O)C2=O)cc1. The van der Waals surface area contributed by atoms with Crippen LogP contribution in [0.2, 0.25) is 0 Å². The highest BCUT2D eigenvalue weighted by molar-refractivity contribution is 6.19. The molecule has 8 heteroatoms. The molecule has 0 aliphatic carbocycles. The Morgan fingerprint density at radius 2 is 1.83 bits per heavy atom. The molecule has 2 amide bonds. The molecule has 2 aromatic carbocycles. The van der Waals surface area contributed by atoms with Crippen LogP contribution in [0, 0.1) is 6.92 Å². The number of carboxylic acids is 1. The minimum Gasteiger partial charge on any atom is -0.511 e. The van der Waals surface area contributed by atoms with E-state index in [0.717, 1.165) is 16.9 Å². The zero-order chi connectivity index (χ0) is 21.7. The smallest absolute Gasteiger partial charge is 0.322 e. The number of aliphatic hydroxyl groups excluding tert-OH is 1. The minimum atomic E-state index is -1.24. The van der Waals surface area contributed by atoms with Crippen molar-refractivity contribution in [2.24, 2.45) is 0 Å². The van der Waals surface area contributed by atoms with Crippen molar-refractivity contribution in [1.82, 2.24) is 10.2 Å². The number of carbonyl (C=O) groups is 3. The Labute approximate surface area is 173 Å². The normalized spacial score (nSPS) is 13.9. The van der Waals surface area contributed by atoms with E-state index in [1.165, 1.54) is 4.90 Å². The summed E-state index contributed by atoms with van der Waals surface area (Å²) in [5, 5.41) is 20.7. The molecule has 2 aromatic rings. The summed E-state index contributed by atoms with van der Waals surface area (Å²) in [6.07, 6.45) is 0.121. The van der Waals surface area contributed by atoms with Crippen molar-refractivity contribution in [3.63, 3.8) is 0 Å². The van der Waals surface area contributed by atoms with Crippen LogP contribution in [0.4, 0.5) is 0 Å². The van der Waals surface area contributed by atoms with Crippen LogP contribution in [0.5, 0.6) is 11.5 Å². The molecule has 8 nitrogen and oxygen atoms in total. The van der Waals surface area contributed by atoms with Crippen LogP contribution in [0.25, 0.3) is 0 Å². The first-order chi connectivity index (χ1) is 14.3. The average Bonchev–Trinajstić information content (AvgIpc) is 2.71. The summed E-state index contributed by atoms with van der Waals surface area (Å²) in [4.78, 5) is 36.8. The molecule has 1 aliphatic heterocycles. The number of aliphatic hydroxyl groups is 1. The van der Waals surface area contributed by atoms with E-state index >= 15 is 0 Å². The van der Waals surface area contributed by atoms with E-state index < -0.39 is 29.9 Å². The lowest BCUT2D eigenvalue weighted by molar-refractivity contribution is -0.138. The standard InChI is InChI=1S/C22H22N2O6/c1-14-4-2-3-5-18(14)30-16-8-6-15(7-9-16)13-24-11-10-17(25)20(22(24)29)21(28)23-12-19(26)27/h2-9,25H,10-13H2,1H3,(H,23,28)(H,26,27). The van der Waals surface area contributed by atoms with Crippen LogP contribution < -0.4 is 10.1 Å². The van der Waals surface area contributed by atoms with Crippen molar-refractivity contribution in [2.45, 2.75) is 19.9 Å². The topological polar surface area (TPSA) is 116 Å². The fourth-order valence-electron chi connectivity index (χ4n) is 3.05. The van der Waals surface area contributed by atoms with Gasteiger partial charge in [0.25, 0.3) is 11.8 Å². The van der Waals surface area contributed by atoms with Gasteiger partial charge < -0.3 is 25.2 Å². The van der Waals surface area contributed by atoms with Gasteiger partial charge >= 0.3 is 5.97 Å². The highest BCUT2D eigenvalue weighted by Crippen LogP contribution is 2.26. The highest BCUT2D eigenvalue weighted by atomic mass is 16.5. The van der Waals surface area contributed by atoms with E-state index in [2.05, 4.69) is 5.32 Å². The third-order valence-corrected chi connectivity index (χ3v) is 4.65. The van der Waals surface area contributed by atoms with Gasteiger partial charge in [-0.25, -0.2) is 0 Å². The highest BCUT2D eigenvalue weighted by Gasteiger charge is 2.32. The minimum absolute atomic E-state index is 0.121. The maximum absolute atomic E-state index is 12.6. The number of carboxylic acid groups (broad SMARTS) is 1. The Bertz CT molecular complexity index is 997. The van der Waals surface area contributed by atoms with E-state index in [4.69, 9.17) is 9.84 Å². The molecule has 0 atom stereocenters. The Hall–Kier alpha value is -3.81. The number of aliphatic carboxylic acids is 1. The van der Waals surface area contributed by atoms with Crippen LogP contribution >= 0.6 is 0 Å². The molecule has 0 bridgehead atoms. The molecule has 1 aliphatic rings. The summed E-state index contributed by atoms with van der Waals surface area (Å²) in [6.45, 7) is 1.82. The first kappa shape index (κ1) is 20.9. The van der Waals surface area contributed by atoms with Crippen LogP contribution in [-0.2, 0) is 20.9 Å². The number of hydrogen-bond acceptors (Lipinski definition) is 5. The lowest BCUT2D eigenvalue weighted by atomic mass is 10.0. The van der Waals surface area contributed by atoms with Crippen molar-refractivity contribution in [1.29, 1.82) is 0 Å². The number of rotatable bonds is 7. The third-order valence-electron chi connectivity index (χ3n) is 4.65.